The summed E-state index contributed by atoms with van der Waals surface area (Å²) in [5, 5.41) is 8.64. The summed E-state index contributed by atoms with van der Waals surface area (Å²) in [6.07, 6.45) is 1.51. The van der Waals surface area contributed by atoms with Crippen molar-refractivity contribution in [3.05, 3.63) is 35.4 Å². The van der Waals surface area contributed by atoms with Gasteiger partial charge in [0.25, 0.3) is 0 Å². The molecule has 0 bridgehead atoms. The molecular formula is C13H18N2. The Hall–Kier alpha value is -1.33. The summed E-state index contributed by atoms with van der Waals surface area (Å²) in [4.78, 5) is 2.18. The van der Waals surface area contributed by atoms with E-state index in [-0.39, 0.29) is 0 Å². The van der Waals surface area contributed by atoms with Crippen LogP contribution in [0, 0.1) is 18.3 Å². The lowest BCUT2D eigenvalue weighted by Crippen LogP contribution is -2.20. The van der Waals surface area contributed by atoms with E-state index in [0.717, 1.165) is 6.42 Å². The molecular weight excluding hydrogens is 184 g/mol. The van der Waals surface area contributed by atoms with Crippen molar-refractivity contribution >= 4 is 0 Å². The first-order chi connectivity index (χ1) is 7.16. The molecule has 2 heteroatoms. The van der Waals surface area contributed by atoms with Crippen LogP contribution in [-0.4, -0.2) is 19.0 Å². The third-order valence-corrected chi connectivity index (χ3v) is 2.70. The zero-order chi connectivity index (χ0) is 11.3. The molecule has 1 aromatic carbocycles. The van der Waals surface area contributed by atoms with Crippen LogP contribution in [0.1, 0.15) is 30.0 Å². The van der Waals surface area contributed by atoms with Crippen molar-refractivity contribution < 1.29 is 0 Å². The maximum atomic E-state index is 8.64. The highest BCUT2D eigenvalue weighted by Gasteiger charge is 2.14. The topological polar surface area (TPSA) is 27.0 Å². The predicted octanol–water partition coefficient (Wildman–Crippen LogP) is 2.90. The van der Waals surface area contributed by atoms with Crippen LogP contribution in [0.25, 0.3) is 0 Å². The molecule has 0 fully saturated rings. The number of nitrogens with zero attached hydrogens (tertiary/aromatic N) is 2. The summed E-state index contributed by atoms with van der Waals surface area (Å²) < 4.78 is 0. The molecule has 0 saturated carbocycles. The van der Waals surface area contributed by atoms with E-state index in [9.17, 15) is 0 Å². The summed E-state index contributed by atoms with van der Waals surface area (Å²) in [6, 6.07) is 11.0. The Labute approximate surface area is 92.1 Å². The summed E-state index contributed by atoms with van der Waals surface area (Å²) in [7, 11) is 4.13. The highest BCUT2D eigenvalue weighted by Crippen LogP contribution is 2.25. The van der Waals surface area contributed by atoms with Crippen LogP contribution in [0.5, 0.6) is 0 Å². The summed E-state index contributed by atoms with van der Waals surface area (Å²) in [5.74, 6) is 0. The van der Waals surface area contributed by atoms with Crippen molar-refractivity contribution in [3.8, 4) is 6.07 Å². The van der Waals surface area contributed by atoms with E-state index < -0.39 is 0 Å². The Balaban J connectivity index is 2.90. The number of aryl methyl sites for hydroxylation is 1. The summed E-state index contributed by atoms with van der Waals surface area (Å²) in [6.45, 7) is 2.12. The van der Waals surface area contributed by atoms with E-state index in [4.69, 9.17) is 5.26 Å². The minimum absolute atomic E-state index is 0.353. The Morgan fingerprint density at radius 2 is 2.00 bits per heavy atom. The fraction of sp³-hybridized carbons (Fsp3) is 0.462. The van der Waals surface area contributed by atoms with Gasteiger partial charge in [-0.25, -0.2) is 0 Å². The lowest BCUT2D eigenvalue weighted by molar-refractivity contribution is 0.285. The molecule has 0 saturated heterocycles. The first-order valence-corrected chi connectivity index (χ1v) is 5.25. The minimum atomic E-state index is 0.353. The maximum Gasteiger partial charge on any atom is 0.0622 e. The first kappa shape index (κ1) is 11.7. The number of nitriles is 1. The van der Waals surface area contributed by atoms with Crippen molar-refractivity contribution in [2.24, 2.45) is 0 Å². The Kier molecular flexibility index (Phi) is 4.33. The van der Waals surface area contributed by atoms with E-state index >= 15 is 0 Å². The number of hydrogen-bond acceptors (Lipinski definition) is 2. The molecule has 0 N–H and O–H groups in total. The standard InChI is InChI=1S/C13H18N2/c1-11-7-4-5-8-12(11)13(15(2)3)9-6-10-14/h4-5,7-8,13H,6,9H2,1-3H3. The zero-order valence-electron chi connectivity index (χ0n) is 9.70. The molecule has 1 unspecified atom stereocenters. The van der Waals surface area contributed by atoms with Crippen molar-refractivity contribution in [2.75, 3.05) is 14.1 Å². The van der Waals surface area contributed by atoms with Crippen molar-refractivity contribution in [3.63, 3.8) is 0 Å². The quantitative estimate of drug-likeness (QED) is 0.750. The molecule has 80 valence electrons. The largest absolute Gasteiger partial charge is 0.302 e. The molecule has 0 spiro atoms. The van der Waals surface area contributed by atoms with Crippen molar-refractivity contribution in [2.45, 2.75) is 25.8 Å². The van der Waals surface area contributed by atoms with Gasteiger partial charge in [-0.3, -0.25) is 0 Å². The Morgan fingerprint density at radius 1 is 1.33 bits per heavy atom. The molecule has 0 amide bonds. The van der Waals surface area contributed by atoms with E-state index in [1.165, 1.54) is 11.1 Å². The number of benzene rings is 1. The minimum Gasteiger partial charge on any atom is -0.302 e. The summed E-state index contributed by atoms with van der Waals surface area (Å²) in [5.41, 5.74) is 2.63. The molecule has 0 radical (unpaired) electrons. The van der Waals surface area contributed by atoms with E-state index in [1.54, 1.807) is 0 Å². The van der Waals surface area contributed by atoms with Gasteiger partial charge in [0, 0.05) is 12.5 Å². The van der Waals surface area contributed by atoms with Gasteiger partial charge in [0.2, 0.25) is 0 Å². The van der Waals surface area contributed by atoms with Gasteiger partial charge in [-0.2, -0.15) is 5.26 Å². The lowest BCUT2D eigenvalue weighted by atomic mass is 9.97. The molecule has 2 nitrogen and oxygen atoms in total. The SMILES string of the molecule is Cc1ccccc1C(CCC#N)N(C)C. The van der Waals surface area contributed by atoms with Crippen LogP contribution < -0.4 is 0 Å². The molecule has 15 heavy (non-hydrogen) atoms. The van der Waals surface area contributed by atoms with Crippen LogP contribution in [0.2, 0.25) is 0 Å². The second-order valence-electron chi connectivity index (χ2n) is 4.03. The van der Waals surface area contributed by atoms with E-state index in [1.807, 2.05) is 0 Å². The normalized spacial score (nSPS) is 12.5. The van der Waals surface area contributed by atoms with Gasteiger partial charge < -0.3 is 4.90 Å². The monoisotopic (exact) mass is 202 g/mol. The molecule has 0 aliphatic carbocycles. The molecule has 0 aliphatic heterocycles. The smallest absolute Gasteiger partial charge is 0.0622 e. The third-order valence-electron chi connectivity index (χ3n) is 2.70. The van der Waals surface area contributed by atoms with Crippen LogP contribution in [0.15, 0.2) is 24.3 Å². The third kappa shape index (κ3) is 3.07. The van der Waals surface area contributed by atoms with Crippen LogP contribution >= 0.6 is 0 Å². The van der Waals surface area contributed by atoms with Crippen molar-refractivity contribution in [1.29, 1.82) is 5.26 Å². The Bertz CT molecular complexity index is 350. The molecule has 0 aromatic heterocycles. The van der Waals surface area contributed by atoms with Crippen LogP contribution in [0.4, 0.5) is 0 Å². The van der Waals surface area contributed by atoms with Gasteiger partial charge in [-0.1, -0.05) is 24.3 Å². The van der Waals surface area contributed by atoms with Crippen molar-refractivity contribution in [1.82, 2.24) is 4.90 Å². The van der Waals surface area contributed by atoms with Gasteiger partial charge in [-0.15, -0.1) is 0 Å². The molecule has 1 atom stereocenters. The maximum absolute atomic E-state index is 8.64. The summed E-state index contributed by atoms with van der Waals surface area (Å²) >= 11 is 0. The molecule has 0 heterocycles. The van der Waals surface area contributed by atoms with E-state index in [2.05, 4.69) is 56.3 Å². The van der Waals surface area contributed by atoms with Crippen LogP contribution in [-0.2, 0) is 0 Å². The Morgan fingerprint density at radius 3 is 2.53 bits per heavy atom. The molecule has 1 rings (SSSR count). The second-order valence-corrected chi connectivity index (χ2v) is 4.03. The van der Waals surface area contributed by atoms with E-state index in [0.29, 0.717) is 12.5 Å². The highest BCUT2D eigenvalue weighted by atomic mass is 15.1. The van der Waals surface area contributed by atoms with Gasteiger partial charge in [-0.05, 0) is 38.6 Å². The fourth-order valence-corrected chi connectivity index (χ4v) is 1.85. The van der Waals surface area contributed by atoms with Gasteiger partial charge >= 0.3 is 0 Å². The molecule has 0 aliphatic rings. The highest BCUT2D eigenvalue weighted by molar-refractivity contribution is 5.28. The average Bonchev–Trinajstić information content (AvgIpc) is 2.20. The van der Waals surface area contributed by atoms with Crippen LogP contribution in [0.3, 0.4) is 0 Å². The molecule has 1 aromatic rings. The van der Waals surface area contributed by atoms with Gasteiger partial charge in [0.1, 0.15) is 0 Å². The zero-order valence-corrected chi connectivity index (χ0v) is 9.70. The van der Waals surface area contributed by atoms with Gasteiger partial charge in [0.15, 0.2) is 0 Å². The lowest BCUT2D eigenvalue weighted by Gasteiger charge is -2.25. The number of rotatable bonds is 4. The number of hydrogen-bond donors (Lipinski definition) is 0. The second kappa shape index (κ2) is 5.53. The fourth-order valence-electron chi connectivity index (χ4n) is 1.85. The average molecular weight is 202 g/mol. The predicted molar refractivity (Wildman–Crippen MR) is 62.5 cm³/mol. The first-order valence-electron chi connectivity index (χ1n) is 5.25. The van der Waals surface area contributed by atoms with Gasteiger partial charge in [0.05, 0.1) is 6.07 Å².